The van der Waals surface area contributed by atoms with Gasteiger partial charge in [-0.1, -0.05) is 64.8 Å². The number of anilines is 1. The molecule has 1 atom stereocenters. The number of oxime groups is 1. The highest BCUT2D eigenvalue weighted by Crippen LogP contribution is 2.37. The molecule has 3 aromatic rings. The smallest absolute Gasteiger partial charge is 0.149 e. The second-order valence-corrected chi connectivity index (χ2v) is 9.64. The predicted molar refractivity (Wildman–Crippen MR) is 149 cm³/mol. The predicted octanol–water partition coefficient (Wildman–Crippen LogP) is 4.41. The van der Waals surface area contributed by atoms with Gasteiger partial charge >= 0.3 is 0 Å². The minimum atomic E-state index is -0.118. The summed E-state index contributed by atoms with van der Waals surface area (Å²) in [5.41, 5.74) is 5.48. The molecule has 0 saturated carbocycles. The zero-order chi connectivity index (χ0) is 27.1. The van der Waals surface area contributed by atoms with Crippen molar-refractivity contribution in [1.82, 2.24) is 10.4 Å². The number of hydrogen-bond acceptors (Lipinski definition) is 8. The number of aliphatic hydroxyl groups is 1. The number of hydrogen-bond donors (Lipinski definition) is 5. The topological polar surface area (TPSA) is 125 Å². The molecular formula is C27H29Cl2N5O4. The molecule has 0 spiro atoms. The van der Waals surface area contributed by atoms with Crippen molar-refractivity contribution in [2.75, 3.05) is 44.3 Å². The molecule has 1 aliphatic heterocycles. The summed E-state index contributed by atoms with van der Waals surface area (Å²) in [5.74, 6) is 0.474. The Morgan fingerprint density at radius 3 is 2.37 bits per heavy atom. The number of ether oxygens (including phenoxy) is 1. The van der Waals surface area contributed by atoms with Gasteiger partial charge in [0.2, 0.25) is 0 Å². The van der Waals surface area contributed by atoms with E-state index in [1.165, 1.54) is 0 Å². The van der Waals surface area contributed by atoms with Crippen LogP contribution in [0.25, 0.3) is 0 Å². The Balaban J connectivity index is 1.56. The van der Waals surface area contributed by atoms with Crippen molar-refractivity contribution in [2.24, 2.45) is 5.16 Å². The zero-order valence-electron chi connectivity index (χ0n) is 20.5. The van der Waals surface area contributed by atoms with Crippen LogP contribution < -0.4 is 15.1 Å². The van der Waals surface area contributed by atoms with E-state index in [9.17, 15) is 5.21 Å². The van der Waals surface area contributed by atoms with Crippen LogP contribution in [0.15, 0.2) is 71.9 Å². The maximum atomic E-state index is 9.80. The van der Waals surface area contributed by atoms with Crippen LogP contribution in [0.1, 0.15) is 22.7 Å². The number of benzene rings is 3. The van der Waals surface area contributed by atoms with E-state index in [4.69, 9.17) is 43.7 Å². The molecule has 0 unspecified atom stereocenters. The van der Waals surface area contributed by atoms with Crippen LogP contribution in [0, 0.1) is 5.41 Å². The van der Waals surface area contributed by atoms with Gasteiger partial charge < -0.3 is 20.0 Å². The second kappa shape index (κ2) is 12.9. The Hall–Kier alpha value is -3.34. The quantitative estimate of drug-likeness (QED) is 0.114. The number of nitrogens with one attached hydrogen (secondary N) is 2. The molecule has 0 aliphatic carbocycles. The van der Waals surface area contributed by atoms with Crippen LogP contribution in [0.5, 0.6) is 5.75 Å². The molecule has 0 aromatic heterocycles. The van der Waals surface area contributed by atoms with E-state index in [-0.39, 0.29) is 25.1 Å². The van der Waals surface area contributed by atoms with Gasteiger partial charge in [0, 0.05) is 48.4 Å². The lowest BCUT2D eigenvalue weighted by molar-refractivity contribution is 0.201. The summed E-state index contributed by atoms with van der Waals surface area (Å²) >= 11 is 12.8. The van der Waals surface area contributed by atoms with E-state index >= 15 is 0 Å². The molecule has 1 heterocycles. The van der Waals surface area contributed by atoms with Gasteiger partial charge in [-0.25, -0.2) is 0 Å². The van der Waals surface area contributed by atoms with E-state index < -0.39 is 0 Å². The lowest BCUT2D eigenvalue weighted by Crippen LogP contribution is -2.50. The van der Waals surface area contributed by atoms with E-state index in [0.717, 1.165) is 11.3 Å². The molecule has 1 aliphatic rings. The first-order valence-corrected chi connectivity index (χ1v) is 12.8. The lowest BCUT2D eigenvalue weighted by atomic mass is 10.00. The molecule has 0 radical (unpaired) electrons. The molecule has 38 heavy (non-hydrogen) atoms. The van der Waals surface area contributed by atoms with Gasteiger partial charge in [0.25, 0.3) is 0 Å². The van der Waals surface area contributed by atoms with Gasteiger partial charge in [0.15, 0.2) is 0 Å². The van der Waals surface area contributed by atoms with Crippen LogP contribution in [0.4, 0.5) is 5.69 Å². The van der Waals surface area contributed by atoms with Crippen molar-refractivity contribution in [2.45, 2.75) is 6.04 Å². The lowest BCUT2D eigenvalue weighted by Gasteiger charge is -2.43. The molecule has 4 rings (SSSR count). The molecule has 1 fully saturated rings. The van der Waals surface area contributed by atoms with Gasteiger partial charge in [-0.2, -0.15) is 0 Å². The summed E-state index contributed by atoms with van der Waals surface area (Å²) in [7, 11) is 0. The Bertz CT molecular complexity index is 1270. The summed E-state index contributed by atoms with van der Waals surface area (Å²) in [4.78, 5) is 4.46. The monoisotopic (exact) mass is 557 g/mol. The van der Waals surface area contributed by atoms with Crippen LogP contribution >= 0.6 is 23.2 Å². The molecule has 3 aromatic carbocycles. The largest absolute Gasteiger partial charge is 0.491 e. The normalized spacial score (nSPS) is 16.4. The maximum absolute atomic E-state index is 9.80. The summed E-state index contributed by atoms with van der Waals surface area (Å²) < 4.78 is 5.50. The van der Waals surface area contributed by atoms with Crippen LogP contribution in [0.3, 0.4) is 0 Å². The van der Waals surface area contributed by atoms with Crippen molar-refractivity contribution in [3.8, 4) is 5.75 Å². The van der Waals surface area contributed by atoms with Gasteiger partial charge in [0.05, 0.1) is 23.4 Å². The first kappa shape index (κ1) is 27.7. The molecule has 200 valence electrons. The molecule has 11 heteroatoms. The van der Waals surface area contributed by atoms with Crippen molar-refractivity contribution >= 4 is 40.4 Å². The van der Waals surface area contributed by atoms with Crippen LogP contribution in [0.2, 0.25) is 10.0 Å². The summed E-state index contributed by atoms with van der Waals surface area (Å²) in [6, 6.07) is 20.1. The standard InChI is InChI=1S/C27H29Cl2N5O4/c28-21-7-5-19(6-8-21)26-17-33(16-24(31-36)18-1-3-20(4-2-18)27(30)32-37)11-12-34(26)25-10-9-22(15-23(25)29)38-14-13-35/h1-10,15,26,35-37H,11-14,16-17H2,(H2,30,32)/b31-24-/t26-/m0/s1. The molecule has 9 nitrogen and oxygen atoms in total. The van der Waals surface area contributed by atoms with Gasteiger partial charge in [0.1, 0.15) is 23.9 Å². The SMILES string of the molecule is N=C(NO)c1ccc(/C(CN2CCN(c3ccc(OCCO)cc3Cl)[C@H](c3ccc(Cl)cc3)C2)=N\O)cc1. The highest BCUT2D eigenvalue weighted by Gasteiger charge is 2.30. The molecule has 1 saturated heterocycles. The first-order chi connectivity index (χ1) is 18.4. The zero-order valence-corrected chi connectivity index (χ0v) is 22.0. The van der Waals surface area contributed by atoms with E-state index in [2.05, 4.69) is 15.0 Å². The summed E-state index contributed by atoms with van der Waals surface area (Å²) in [6.45, 7) is 2.52. The van der Waals surface area contributed by atoms with Crippen LogP contribution in [-0.4, -0.2) is 71.4 Å². The highest BCUT2D eigenvalue weighted by atomic mass is 35.5. The number of hydroxylamine groups is 1. The van der Waals surface area contributed by atoms with Crippen molar-refractivity contribution < 1.29 is 20.3 Å². The Kier molecular flexibility index (Phi) is 9.43. The number of halogens is 2. The highest BCUT2D eigenvalue weighted by molar-refractivity contribution is 6.33. The third-order valence-electron chi connectivity index (χ3n) is 6.42. The number of nitrogens with zero attached hydrogens (tertiary/aromatic N) is 3. The Labute approximate surface area is 230 Å². The minimum Gasteiger partial charge on any atom is -0.491 e. The fourth-order valence-corrected chi connectivity index (χ4v) is 4.91. The molecular weight excluding hydrogens is 529 g/mol. The fourth-order valence-electron chi connectivity index (χ4n) is 4.50. The molecule has 0 amide bonds. The van der Waals surface area contributed by atoms with Gasteiger partial charge in [-0.15, -0.1) is 0 Å². The summed E-state index contributed by atoms with van der Waals surface area (Å²) in [5, 5.41) is 40.2. The maximum Gasteiger partial charge on any atom is 0.149 e. The van der Waals surface area contributed by atoms with E-state index in [0.29, 0.717) is 58.8 Å². The third kappa shape index (κ3) is 6.56. The van der Waals surface area contributed by atoms with Crippen molar-refractivity contribution in [3.05, 3.63) is 93.5 Å². The second-order valence-electron chi connectivity index (χ2n) is 8.79. The third-order valence-corrected chi connectivity index (χ3v) is 6.98. The molecule has 5 N–H and O–H groups in total. The number of piperazine rings is 1. The average molecular weight is 558 g/mol. The van der Waals surface area contributed by atoms with Crippen molar-refractivity contribution in [3.63, 3.8) is 0 Å². The van der Waals surface area contributed by atoms with Gasteiger partial charge in [-0.3, -0.25) is 21.0 Å². The summed E-state index contributed by atoms with van der Waals surface area (Å²) in [6.07, 6.45) is 0. The fraction of sp³-hybridized carbons (Fsp3) is 0.259. The Morgan fingerprint density at radius 2 is 1.74 bits per heavy atom. The Morgan fingerprint density at radius 1 is 1.03 bits per heavy atom. The number of amidine groups is 1. The average Bonchev–Trinajstić information content (AvgIpc) is 2.95. The molecule has 0 bridgehead atoms. The first-order valence-electron chi connectivity index (χ1n) is 12.0. The minimum absolute atomic E-state index is 0.0545. The van der Waals surface area contributed by atoms with Crippen LogP contribution in [-0.2, 0) is 0 Å². The van der Waals surface area contributed by atoms with Crippen molar-refractivity contribution in [1.29, 1.82) is 5.41 Å². The number of aliphatic hydroxyl groups excluding tert-OH is 1. The van der Waals surface area contributed by atoms with Gasteiger partial charge in [-0.05, 0) is 29.8 Å². The number of rotatable bonds is 9. The van der Waals surface area contributed by atoms with E-state index in [1.807, 2.05) is 41.9 Å². The van der Waals surface area contributed by atoms with E-state index in [1.54, 1.807) is 30.3 Å².